The Hall–Kier alpha value is -2.81. The second-order valence-corrected chi connectivity index (χ2v) is 6.08. The largest absolute Gasteiger partial charge is 0.476 e. The SMILES string of the molecule is CCCC(C)(Oc1ccc(Oc2ccc(C(F)(F)F)cn2)cc1)C(=O)OOC. The second kappa shape index (κ2) is 8.92. The van der Waals surface area contributed by atoms with Crippen LogP contribution < -0.4 is 9.47 Å². The van der Waals surface area contributed by atoms with Crippen LogP contribution in [-0.2, 0) is 20.7 Å². The molecule has 0 aliphatic rings. The van der Waals surface area contributed by atoms with Crippen LogP contribution in [0.3, 0.4) is 0 Å². The molecule has 1 aromatic heterocycles. The zero-order chi connectivity index (χ0) is 20.8. The Morgan fingerprint density at radius 2 is 1.71 bits per heavy atom. The third kappa shape index (κ3) is 5.59. The number of carbonyl (C=O) groups excluding carboxylic acids is 1. The van der Waals surface area contributed by atoms with Gasteiger partial charge in [-0.2, -0.15) is 18.1 Å². The number of ether oxygens (including phenoxy) is 2. The molecule has 1 atom stereocenters. The van der Waals surface area contributed by atoms with Crippen molar-refractivity contribution in [2.24, 2.45) is 0 Å². The zero-order valence-electron chi connectivity index (χ0n) is 15.6. The highest BCUT2D eigenvalue weighted by Gasteiger charge is 2.37. The molecule has 0 spiro atoms. The molecule has 9 heteroatoms. The number of rotatable bonds is 8. The molecule has 6 nitrogen and oxygen atoms in total. The fraction of sp³-hybridized carbons (Fsp3) is 0.368. The number of nitrogens with zero attached hydrogens (tertiary/aromatic N) is 1. The van der Waals surface area contributed by atoms with E-state index in [1.165, 1.54) is 7.11 Å². The van der Waals surface area contributed by atoms with E-state index in [1.54, 1.807) is 31.2 Å². The van der Waals surface area contributed by atoms with Crippen molar-refractivity contribution in [1.82, 2.24) is 4.98 Å². The molecule has 28 heavy (non-hydrogen) atoms. The van der Waals surface area contributed by atoms with Crippen molar-refractivity contribution in [3.05, 3.63) is 48.2 Å². The van der Waals surface area contributed by atoms with E-state index < -0.39 is 23.3 Å². The minimum absolute atomic E-state index is 0.0150. The molecule has 2 rings (SSSR count). The summed E-state index contributed by atoms with van der Waals surface area (Å²) in [4.78, 5) is 24.7. The van der Waals surface area contributed by atoms with Crippen LogP contribution in [-0.4, -0.2) is 23.7 Å². The second-order valence-electron chi connectivity index (χ2n) is 6.08. The highest BCUT2D eigenvalue weighted by molar-refractivity contribution is 5.79. The number of hydrogen-bond donors (Lipinski definition) is 0. The molecule has 0 fully saturated rings. The number of alkyl halides is 3. The molecule has 0 aliphatic carbocycles. The van der Waals surface area contributed by atoms with Crippen LogP contribution in [0.4, 0.5) is 13.2 Å². The van der Waals surface area contributed by atoms with Gasteiger partial charge in [0.2, 0.25) is 11.5 Å². The van der Waals surface area contributed by atoms with E-state index in [4.69, 9.17) is 9.47 Å². The summed E-state index contributed by atoms with van der Waals surface area (Å²) in [6.45, 7) is 3.49. The topological polar surface area (TPSA) is 66.9 Å². The Bertz CT molecular complexity index is 778. The fourth-order valence-corrected chi connectivity index (χ4v) is 2.40. The minimum atomic E-state index is -4.46. The smallest absolute Gasteiger partial charge is 0.417 e. The van der Waals surface area contributed by atoms with Crippen molar-refractivity contribution in [2.75, 3.05) is 7.11 Å². The van der Waals surface area contributed by atoms with Crippen molar-refractivity contribution in [3.63, 3.8) is 0 Å². The average Bonchev–Trinajstić information content (AvgIpc) is 2.63. The molecule has 1 unspecified atom stereocenters. The van der Waals surface area contributed by atoms with Gasteiger partial charge >= 0.3 is 12.1 Å². The van der Waals surface area contributed by atoms with Gasteiger partial charge in [-0.1, -0.05) is 13.3 Å². The molecule has 2 aromatic rings. The van der Waals surface area contributed by atoms with Gasteiger partial charge in [0.15, 0.2) is 0 Å². The number of aromatic nitrogens is 1. The van der Waals surface area contributed by atoms with Crippen molar-refractivity contribution in [2.45, 2.75) is 38.5 Å². The molecule has 1 aromatic carbocycles. The lowest BCUT2D eigenvalue weighted by Crippen LogP contribution is -2.42. The Kier molecular flexibility index (Phi) is 6.85. The summed E-state index contributed by atoms with van der Waals surface area (Å²) in [6.07, 6.45) is -2.68. The van der Waals surface area contributed by atoms with E-state index >= 15 is 0 Å². The standard InChI is InChI=1S/C19H20F3NO5/c1-4-11-18(2,17(24)28-25-3)27-15-8-6-14(7-9-15)26-16-10-5-13(12-23-16)19(20,21)22/h5-10,12H,4,11H2,1-3H3. The lowest BCUT2D eigenvalue weighted by molar-refractivity contribution is -0.267. The number of carbonyl (C=O) groups is 1. The van der Waals surface area contributed by atoms with Gasteiger partial charge < -0.3 is 9.47 Å². The number of halogens is 3. The van der Waals surface area contributed by atoms with Crippen LogP contribution in [0.25, 0.3) is 0 Å². The van der Waals surface area contributed by atoms with Crippen molar-refractivity contribution >= 4 is 5.97 Å². The molecular formula is C19H20F3NO5. The molecule has 0 amide bonds. The normalized spacial score (nSPS) is 13.5. The average molecular weight is 399 g/mol. The van der Waals surface area contributed by atoms with Gasteiger partial charge in [0.05, 0.1) is 12.7 Å². The van der Waals surface area contributed by atoms with Gasteiger partial charge in [0, 0.05) is 12.3 Å². The summed E-state index contributed by atoms with van der Waals surface area (Å²) in [5.74, 6) is 0.0836. The van der Waals surface area contributed by atoms with Gasteiger partial charge in [-0.15, -0.1) is 0 Å². The number of hydrogen-bond acceptors (Lipinski definition) is 6. The molecule has 152 valence electrons. The lowest BCUT2D eigenvalue weighted by atomic mass is 10.0. The number of pyridine rings is 1. The molecule has 1 heterocycles. The molecule has 0 aliphatic heterocycles. The maximum absolute atomic E-state index is 12.6. The Labute approximate surface area is 160 Å². The first-order chi connectivity index (χ1) is 13.2. The summed E-state index contributed by atoms with van der Waals surface area (Å²) in [6, 6.07) is 8.23. The summed E-state index contributed by atoms with van der Waals surface area (Å²) in [5.41, 5.74) is -2.09. The van der Waals surface area contributed by atoms with Crippen molar-refractivity contribution < 1.29 is 37.2 Å². The molecule has 0 saturated carbocycles. The van der Waals surface area contributed by atoms with E-state index in [-0.39, 0.29) is 5.88 Å². The summed E-state index contributed by atoms with van der Waals surface area (Å²) in [5, 5.41) is 0. The first-order valence-electron chi connectivity index (χ1n) is 8.43. The van der Waals surface area contributed by atoms with Crippen LogP contribution >= 0.6 is 0 Å². The summed E-state index contributed by atoms with van der Waals surface area (Å²) < 4.78 is 48.8. The van der Waals surface area contributed by atoms with E-state index in [2.05, 4.69) is 14.8 Å². The highest BCUT2D eigenvalue weighted by Crippen LogP contribution is 2.31. The zero-order valence-corrected chi connectivity index (χ0v) is 15.6. The third-order valence-electron chi connectivity index (χ3n) is 3.77. The quantitative estimate of drug-likeness (QED) is 0.463. The van der Waals surface area contributed by atoms with E-state index in [0.717, 1.165) is 12.1 Å². The summed E-state index contributed by atoms with van der Waals surface area (Å²) >= 11 is 0. The van der Waals surface area contributed by atoms with Gasteiger partial charge in [0.1, 0.15) is 11.5 Å². The van der Waals surface area contributed by atoms with Gasteiger partial charge in [-0.3, -0.25) is 4.89 Å². The molecule has 0 saturated heterocycles. The fourth-order valence-electron chi connectivity index (χ4n) is 2.40. The van der Waals surface area contributed by atoms with Gasteiger partial charge in [-0.25, -0.2) is 9.78 Å². The van der Waals surface area contributed by atoms with Crippen LogP contribution in [0.1, 0.15) is 32.3 Å². The van der Waals surface area contributed by atoms with Crippen LogP contribution in [0.5, 0.6) is 17.4 Å². The Morgan fingerprint density at radius 1 is 1.07 bits per heavy atom. The predicted molar refractivity (Wildman–Crippen MR) is 92.8 cm³/mol. The molecule has 0 bridgehead atoms. The van der Waals surface area contributed by atoms with E-state index in [0.29, 0.717) is 30.5 Å². The highest BCUT2D eigenvalue weighted by atomic mass is 19.4. The van der Waals surface area contributed by atoms with Crippen molar-refractivity contribution in [3.8, 4) is 17.4 Å². The lowest BCUT2D eigenvalue weighted by Gasteiger charge is -2.27. The maximum atomic E-state index is 12.6. The van der Waals surface area contributed by atoms with Crippen LogP contribution in [0, 0.1) is 0 Å². The number of benzene rings is 1. The molecular weight excluding hydrogens is 379 g/mol. The van der Waals surface area contributed by atoms with Crippen LogP contribution in [0.2, 0.25) is 0 Å². The third-order valence-corrected chi connectivity index (χ3v) is 3.77. The monoisotopic (exact) mass is 399 g/mol. The predicted octanol–water partition coefficient (Wildman–Crippen LogP) is 4.93. The first-order valence-corrected chi connectivity index (χ1v) is 8.43. The van der Waals surface area contributed by atoms with E-state index in [9.17, 15) is 18.0 Å². The minimum Gasteiger partial charge on any atom is -0.476 e. The maximum Gasteiger partial charge on any atom is 0.417 e. The molecule has 0 radical (unpaired) electrons. The molecule has 0 N–H and O–H groups in total. The Balaban J connectivity index is 2.07. The van der Waals surface area contributed by atoms with Crippen molar-refractivity contribution in [1.29, 1.82) is 0 Å². The van der Waals surface area contributed by atoms with Crippen LogP contribution in [0.15, 0.2) is 42.6 Å². The first kappa shape index (κ1) is 21.5. The van der Waals surface area contributed by atoms with Gasteiger partial charge in [0.25, 0.3) is 0 Å². The van der Waals surface area contributed by atoms with Gasteiger partial charge in [-0.05, 0) is 43.7 Å². The summed E-state index contributed by atoms with van der Waals surface area (Å²) in [7, 11) is 1.23. The Morgan fingerprint density at radius 3 is 2.21 bits per heavy atom. The van der Waals surface area contributed by atoms with E-state index in [1.807, 2.05) is 6.92 Å².